The first kappa shape index (κ1) is 18.7. The molecule has 0 aliphatic heterocycles. The molecule has 0 aliphatic rings. The van der Waals surface area contributed by atoms with E-state index >= 15 is 0 Å². The lowest BCUT2D eigenvalue weighted by Gasteiger charge is -2.09. The summed E-state index contributed by atoms with van der Waals surface area (Å²) in [6, 6.07) is 12.1. The highest BCUT2D eigenvalue weighted by atomic mass is 32.2. The van der Waals surface area contributed by atoms with Gasteiger partial charge in [-0.25, -0.2) is 0 Å². The van der Waals surface area contributed by atoms with Crippen molar-refractivity contribution in [3.8, 4) is 22.9 Å². The van der Waals surface area contributed by atoms with Crippen LogP contribution in [0.5, 0.6) is 11.5 Å². The second kappa shape index (κ2) is 8.09. The molecule has 140 valence electrons. The monoisotopic (exact) mass is 386 g/mol. The molecule has 0 unspecified atom stereocenters. The van der Waals surface area contributed by atoms with Crippen LogP contribution in [0.4, 0.5) is 5.69 Å². The Morgan fingerprint density at radius 1 is 1.07 bits per heavy atom. The fraction of sp³-hybridized carbons (Fsp3) is 0.222. The van der Waals surface area contributed by atoms with Gasteiger partial charge in [-0.15, -0.1) is 10.2 Å². The highest BCUT2D eigenvalue weighted by molar-refractivity contribution is 7.98. The lowest BCUT2D eigenvalue weighted by atomic mass is 10.2. The van der Waals surface area contributed by atoms with Crippen LogP contribution in [-0.4, -0.2) is 33.9 Å². The predicted molar refractivity (Wildman–Crippen MR) is 102 cm³/mol. The van der Waals surface area contributed by atoms with Crippen LogP contribution < -0.4 is 9.47 Å². The lowest BCUT2D eigenvalue weighted by molar-refractivity contribution is -0.384. The highest BCUT2D eigenvalue weighted by Crippen LogP contribution is 2.32. The van der Waals surface area contributed by atoms with Crippen molar-refractivity contribution in [1.82, 2.24) is 14.8 Å². The summed E-state index contributed by atoms with van der Waals surface area (Å²) in [5, 5.41) is 20.0. The van der Waals surface area contributed by atoms with Crippen molar-refractivity contribution in [2.24, 2.45) is 7.05 Å². The van der Waals surface area contributed by atoms with Crippen LogP contribution >= 0.6 is 11.8 Å². The van der Waals surface area contributed by atoms with E-state index in [-0.39, 0.29) is 5.69 Å². The molecule has 0 fully saturated rings. The second-order valence-electron chi connectivity index (χ2n) is 5.65. The van der Waals surface area contributed by atoms with Gasteiger partial charge in [0.2, 0.25) is 0 Å². The fourth-order valence-corrected chi connectivity index (χ4v) is 3.40. The molecule has 27 heavy (non-hydrogen) atoms. The first-order valence-electron chi connectivity index (χ1n) is 8.01. The van der Waals surface area contributed by atoms with Gasteiger partial charge >= 0.3 is 0 Å². The molecule has 3 aromatic rings. The average Bonchev–Trinajstić information content (AvgIpc) is 3.06. The molecular weight excluding hydrogens is 368 g/mol. The molecule has 0 amide bonds. The Hall–Kier alpha value is -3.07. The number of hydrogen-bond acceptors (Lipinski definition) is 7. The number of ether oxygens (including phenoxy) is 2. The number of nitrogens with zero attached hydrogens (tertiary/aromatic N) is 4. The standard InChI is InChI=1S/C18H18N4O4S/c1-21-17(13-6-9-15(25-2)16(10-13)26-3)19-20-18(21)27-11-12-4-7-14(8-5-12)22(23)24/h4-10H,11H2,1-3H3. The molecule has 0 N–H and O–H groups in total. The van der Waals surface area contributed by atoms with E-state index in [4.69, 9.17) is 9.47 Å². The van der Waals surface area contributed by atoms with E-state index in [0.717, 1.165) is 16.3 Å². The Morgan fingerprint density at radius 2 is 1.78 bits per heavy atom. The molecule has 0 bridgehead atoms. The van der Waals surface area contributed by atoms with Gasteiger partial charge in [-0.2, -0.15) is 0 Å². The highest BCUT2D eigenvalue weighted by Gasteiger charge is 2.14. The molecule has 0 radical (unpaired) electrons. The summed E-state index contributed by atoms with van der Waals surface area (Å²) in [5.41, 5.74) is 1.92. The summed E-state index contributed by atoms with van der Waals surface area (Å²) in [4.78, 5) is 10.3. The largest absolute Gasteiger partial charge is 0.493 e. The van der Waals surface area contributed by atoms with E-state index in [1.54, 1.807) is 26.4 Å². The van der Waals surface area contributed by atoms with Crippen molar-refractivity contribution < 1.29 is 14.4 Å². The molecule has 2 aromatic carbocycles. The van der Waals surface area contributed by atoms with Crippen LogP contribution in [0.2, 0.25) is 0 Å². The second-order valence-corrected chi connectivity index (χ2v) is 6.59. The SMILES string of the molecule is COc1ccc(-c2nnc(SCc3ccc([N+](=O)[O-])cc3)n2C)cc1OC. The molecule has 3 rings (SSSR count). The number of nitro groups is 1. The first-order chi connectivity index (χ1) is 13.0. The molecule has 0 atom stereocenters. The van der Waals surface area contributed by atoms with Crippen LogP contribution in [0.25, 0.3) is 11.4 Å². The maximum atomic E-state index is 10.7. The summed E-state index contributed by atoms with van der Waals surface area (Å²) >= 11 is 1.51. The minimum atomic E-state index is -0.408. The fourth-order valence-electron chi connectivity index (χ4n) is 2.53. The molecule has 0 spiro atoms. The van der Waals surface area contributed by atoms with Gasteiger partial charge in [0.25, 0.3) is 5.69 Å². The van der Waals surface area contributed by atoms with E-state index in [2.05, 4.69) is 10.2 Å². The number of benzene rings is 2. The third-order valence-electron chi connectivity index (χ3n) is 3.99. The number of aromatic nitrogens is 3. The van der Waals surface area contributed by atoms with Crippen molar-refractivity contribution in [2.45, 2.75) is 10.9 Å². The first-order valence-corrected chi connectivity index (χ1v) is 9.00. The van der Waals surface area contributed by atoms with E-state index < -0.39 is 4.92 Å². The third-order valence-corrected chi connectivity index (χ3v) is 5.08. The van der Waals surface area contributed by atoms with Crippen LogP contribution in [-0.2, 0) is 12.8 Å². The van der Waals surface area contributed by atoms with Crippen molar-refractivity contribution in [1.29, 1.82) is 0 Å². The molecule has 9 heteroatoms. The van der Waals surface area contributed by atoms with Crippen molar-refractivity contribution in [3.63, 3.8) is 0 Å². The number of hydrogen-bond donors (Lipinski definition) is 0. The number of thioether (sulfide) groups is 1. The van der Waals surface area contributed by atoms with Gasteiger partial charge in [-0.3, -0.25) is 10.1 Å². The molecule has 1 aromatic heterocycles. The van der Waals surface area contributed by atoms with Crippen LogP contribution in [0.3, 0.4) is 0 Å². The van der Waals surface area contributed by atoms with Crippen molar-refractivity contribution >= 4 is 17.4 Å². The summed E-state index contributed by atoms with van der Waals surface area (Å²) < 4.78 is 12.5. The van der Waals surface area contributed by atoms with Gasteiger partial charge in [-0.1, -0.05) is 23.9 Å². The maximum absolute atomic E-state index is 10.7. The molecular formula is C18H18N4O4S. The Kier molecular flexibility index (Phi) is 5.60. The van der Waals surface area contributed by atoms with Crippen LogP contribution in [0, 0.1) is 10.1 Å². The quantitative estimate of drug-likeness (QED) is 0.347. The van der Waals surface area contributed by atoms with E-state index in [1.165, 1.54) is 23.9 Å². The number of nitro benzene ring substituents is 1. The molecule has 0 aliphatic carbocycles. The Bertz CT molecular complexity index is 956. The van der Waals surface area contributed by atoms with Gasteiger partial charge in [0.1, 0.15) is 0 Å². The van der Waals surface area contributed by atoms with Gasteiger partial charge in [0.05, 0.1) is 19.1 Å². The summed E-state index contributed by atoms with van der Waals surface area (Å²) in [6.45, 7) is 0. The minimum Gasteiger partial charge on any atom is -0.493 e. The lowest BCUT2D eigenvalue weighted by Crippen LogP contribution is -1.96. The van der Waals surface area contributed by atoms with E-state index in [1.807, 2.05) is 29.8 Å². The number of methoxy groups -OCH3 is 2. The van der Waals surface area contributed by atoms with Crippen LogP contribution in [0.15, 0.2) is 47.6 Å². The normalized spacial score (nSPS) is 10.6. The van der Waals surface area contributed by atoms with Gasteiger partial charge in [0.15, 0.2) is 22.5 Å². The summed E-state index contributed by atoms with van der Waals surface area (Å²) in [7, 11) is 5.07. The summed E-state index contributed by atoms with van der Waals surface area (Å²) in [5.74, 6) is 2.62. The van der Waals surface area contributed by atoms with Gasteiger partial charge < -0.3 is 14.0 Å². The number of non-ortho nitro benzene ring substituents is 1. The van der Waals surface area contributed by atoms with Gasteiger partial charge in [-0.05, 0) is 23.8 Å². The smallest absolute Gasteiger partial charge is 0.269 e. The third kappa shape index (κ3) is 4.03. The van der Waals surface area contributed by atoms with Crippen molar-refractivity contribution in [2.75, 3.05) is 14.2 Å². The van der Waals surface area contributed by atoms with Crippen LogP contribution in [0.1, 0.15) is 5.56 Å². The molecule has 1 heterocycles. The topological polar surface area (TPSA) is 92.3 Å². The zero-order chi connectivity index (χ0) is 19.4. The Labute approximate surface area is 160 Å². The summed E-state index contributed by atoms with van der Waals surface area (Å²) in [6.07, 6.45) is 0. The maximum Gasteiger partial charge on any atom is 0.269 e. The van der Waals surface area contributed by atoms with E-state index in [9.17, 15) is 10.1 Å². The van der Waals surface area contributed by atoms with Crippen molar-refractivity contribution in [3.05, 3.63) is 58.1 Å². The number of rotatable bonds is 7. The van der Waals surface area contributed by atoms with Gasteiger partial charge in [0, 0.05) is 30.5 Å². The Morgan fingerprint density at radius 3 is 2.41 bits per heavy atom. The predicted octanol–water partition coefficient (Wildman–Crippen LogP) is 3.70. The zero-order valence-corrected chi connectivity index (χ0v) is 15.9. The minimum absolute atomic E-state index is 0.0816. The van der Waals surface area contributed by atoms with E-state index in [0.29, 0.717) is 23.1 Å². The molecule has 8 nitrogen and oxygen atoms in total. The Balaban J connectivity index is 1.76. The zero-order valence-electron chi connectivity index (χ0n) is 15.1. The molecule has 0 saturated carbocycles. The average molecular weight is 386 g/mol. The molecule has 0 saturated heterocycles.